The molecule has 0 unspecified atom stereocenters. The Balaban J connectivity index is 3.04. The summed E-state index contributed by atoms with van der Waals surface area (Å²) in [7, 11) is -5.48. The SMILES string of the molecule is CC(C)(C)N=C(NS(=O)(=O)C(F)(F)F)N1CCOCC1. The number of hydrogen-bond acceptors (Lipinski definition) is 4. The van der Waals surface area contributed by atoms with Gasteiger partial charge < -0.3 is 9.64 Å². The predicted octanol–water partition coefficient (Wildman–Crippen LogP) is 0.912. The first-order chi connectivity index (χ1) is 8.92. The number of nitrogens with one attached hydrogen (secondary N) is 1. The zero-order chi connectivity index (χ0) is 15.6. The molecule has 0 saturated carbocycles. The van der Waals surface area contributed by atoms with Crippen LogP contribution >= 0.6 is 0 Å². The van der Waals surface area contributed by atoms with Gasteiger partial charge in [-0.15, -0.1) is 0 Å². The lowest BCUT2D eigenvalue weighted by atomic mass is 10.1. The smallest absolute Gasteiger partial charge is 0.378 e. The van der Waals surface area contributed by atoms with Crippen molar-refractivity contribution in [2.75, 3.05) is 26.3 Å². The molecule has 0 aromatic carbocycles. The molecule has 118 valence electrons. The van der Waals surface area contributed by atoms with Gasteiger partial charge in [0.05, 0.1) is 18.8 Å². The molecule has 0 spiro atoms. The van der Waals surface area contributed by atoms with Crippen LogP contribution in [0.25, 0.3) is 0 Å². The number of sulfonamides is 1. The number of guanidine groups is 1. The first-order valence-corrected chi connectivity index (χ1v) is 7.42. The van der Waals surface area contributed by atoms with Crippen LogP contribution in [0.2, 0.25) is 0 Å². The van der Waals surface area contributed by atoms with Gasteiger partial charge in [0.25, 0.3) is 0 Å². The fourth-order valence-corrected chi connectivity index (χ4v) is 1.96. The van der Waals surface area contributed by atoms with Gasteiger partial charge in [0, 0.05) is 13.1 Å². The third-order valence-corrected chi connectivity index (χ3v) is 3.34. The maximum atomic E-state index is 12.4. The van der Waals surface area contributed by atoms with Gasteiger partial charge in [-0.25, -0.2) is 9.71 Å². The molecule has 0 aliphatic carbocycles. The Hall–Kier alpha value is -1.03. The first kappa shape index (κ1) is 17.0. The van der Waals surface area contributed by atoms with Gasteiger partial charge in [-0.05, 0) is 20.8 Å². The largest absolute Gasteiger partial charge is 0.516 e. The van der Waals surface area contributed by atoms with Crippen molar-refractivity contribution in [2.45, 2.75) is 31.8 Å². The third kappa shape index (κ3) is 4.82. The van der Waals surface area contributed by atoms with E-state index in [-0.39, 0.29) is 19.0 Å². The Morgan fingerprint density at radius 3 is 2.10 bits per heavy atom. The molecule has 0 atom stereocenters. The minimum Gasteiger partial charge on any atom is -0.378 e. The molecule has 1 aliphatic rings. The van der Waals surface area contributed by atoms with Crippen LogP contribution in [-0.2, 0) is 14.8 Å². The lowest BCUT2D eigenvalue weighted by Crippen LogP contribution is -2.52. The standard InChI is InChI=1S/C10H18F3N3O3S/c1-9(2,3)14-8(16-4-6-19-7-5-16)15-20(17,18)10(11,12)13/h4-7H2,1-3H3,(H,14,15). The van der Waals surface area contributed by atoms with E-state index in [1.807, 2.05) is 0 Å². The Kier molecular flexibility index (Phi) is 4.90. The van der Waals surface area contributed by atoms with Crippen molar-refractivity contribution in [2.24, 2.45) is 4.99 Å². The molecule has 10 heteroatoms. The summed E-state index contributed by atoms with van der Waals surface area (Å²) in [5.41, 5.74) is -6.10. The first-order valence-electron chi connectivity index (χ1n) is 5.94. The van der Waals surface area contributed by atoms with Crippen LogP contribution in [0.5, 0.6) is 0 Å². The van der Waals surface area contributed by atoms with Crippen LogP contribution in [0, 0.1) is 0 Å². The van der Waals surface area contributed by atoms with Crippen molar-refractivity contribution in [1.82, 2.24) is 9.62 Å². The average Bonchev–Trinajstić information content (AvgIpc) is 2.25. The minimum absolute atomic E-state index is 0.273. The van der Waals surface area contributed by atoms with Crippen LogP contribution in [0.15, 0.2) is 4.99 Å². The highest BCUT2D eigenvalue weighted by molar-refractivity contribution is 7.90. The maximum Gasteiger partial charge on any atom is 0.516 e. The second-order valence-electron chi connectivity index (χ2n) is 5.26. The monoisotopic (exact) mass is 317 g/mol. The summed E-state index contributed by atoms with van der Waals surface area (Å²) in [5.74, 6) is -0.307. The fourth-order valence-electron chi connectivity index (χ4n) is 1.43. The van der Waals surface area contributed by atoms with E-state index >= 15 is 0 Å². The third-order valence-electron chi connectivity index (χ3n) is 2.28. The van der Waals surface area contributed by atoms with Crippen LogP contribution in [0.1, 0.15) is 20.8 Å². The van der Waals surface area contributed by atoms with Crippen molar-refractivity contribution in [3.8, 4) is 0 Å². The average molecular weight is 317 g/mol. The van der Waals surface area contributed by atoms with E-state index in [2.05, 4.69) is 4.99 Å². The van der Waals surface area contributed by atoms with Gasteiger partial charge in [0.15, 0.2) is 0 Å². The Bertz CT molecular complexity index is 462. The van der Waals surface area contributed by atoms with E-state index in [4.69, 9.17) is 4.74 Å². The van der Waals surface area contributed by atoms with Crippen LogP contribution < -0.4 is 4.72 Å². The molecule has 1 fully saturated rings. The zero-order valence-corrected chi connectivity index (χ0v) is 12.3. The van der Waals surface area contributed by atoms with E-state index in [1.54, 1.807) is 20.8 Å². The fraction of sp³-hybridized carbons (Fsp3) is 0.900. The molecule has 1 rings (SSSR count). The molecule has 0 radical (unpaired) electrons. The van der Waals surface area contributed by atoms with Crippen LogP contribution in [0.3, 0.4) is 0 Å². The molecule has 1 saturated heterocycles. The van der Waals surface area contributed by atoms with Crippen molar-refractivity contribution in [1.29, 1.82) is 0 Å². The van der Waals surface area contributed by atoms with Crippen molar-refractivity contribution >= 4 is 16.0 Å². The minimum atomic E-state index is -5.48. The summed E-state index contributed by atoms with van der Waals surface area (Å²) in [6, 6.07) is 0. The second-order valence-corrected chi connectivity index (χ2v) is 6.93. The molecule has 0 aromatic rings. The van der Waals surface area contributed by atoms with E-state index in [1.165, 1.54) is 9.62 Å². The van der Waals surface area contributed by atoms with E-state index in [0.29, 0.717) is 13.2 Å². The quantitative estimate of drug-likeness (QED) is 0.576. The van der Waals surface area contributed by atoms with Gasteiger partial charge in [0.2, 0.25) is 5.96 Å². The lowest BCUT2D eigenvalue weighted by molar-refractivity contribution is -0.0443. The maximum absolute atomic E-state index is 12.4. The molecule has 0 bridgehead atoms. The highest BCUT2D eigenvalue weighted by Crippen LogP contribution is 2.22. The Labute approximate surface area is 116 Å². The number of rotatable bonds is 1. The van der Waals surface area contributed by atoms with Gasteiger partial charge in [-0.2, -0.15) is 21.6 Å². The Morgan fingerprint density at radius 2 is 1.70 bits per heavy atom. The van der Waals surface area contributed by atoms with Gasteiger partial charge >= 0.3 is 15.5 Å². The highest BCUT2D eigenvalue weighted by Gasteiger charge is 2.47. The van der Waals surface area contributed by atoms with Crippen molar-refractivity contribution < 1.29 is 26.3 Å². The van der Waals surface area contributed by atoms with Crippen molar-refractivity contribution in [3.63, 3.8) is 0 Å². The molecule has 0 amide bonds. The summed E-state index contributed by atoms with van der Waals surface area (Å²) >= 11 is 0. The van der Waals surface area contributed by atoms with Gasteiger partial charge in [0.1, 0.15) is 0 Å². The van der Waals surface area contributed by atoms with E-state index in [0.717, 1.165) is 0 Å². The highest BCUT2D eigenvalue weighted by atomic mass is 32.2. The summed E-state index contributed by atoms with van der Waals surface area (Å²) in [6.45, 7) is 6.14. The molecule has 1 aliphatic heterocycles. The summed E-state index contributed by atoms with van der Waals surface area (Å²) < 4.78 is 66.4. The molecule has 1 N–H and O–H groups in total. The van der Waals surface area contributed by atoms with E-state index in [9.17, 15) is 21.6 Å². The molecule has 1 heterocycles. The van der Waals surface area contributed by atoms with Crippen LogP contribution in [-0.4, -0.2) is 56.6 Å². The van der Waals surface area contributed by atoms with Crippen LogP contribution in [0.4, 0.5) is 13.2 Å². The molecule has 6 nitrogen and oxygen atoms in total. The molecule has 20 heavy (non-hydrogen) atoms. The lowest BCUT2D eigenvalue weighted by Gasteiger charge is -2.31. The summed E-state index contributed by atoms with van der Waals surface area (Å²) in [6.07, 6.45) is 0. The second kappa shape index (κ2) is 5.76. The van der Waals surface area contributed by atoms with E-state index < -0.39 is 21.1 Å². The Morgan fingerprint density at radius 1 is 1.20 bits per heavy atom. The topological polar surface area (TPSA) is 71.0 Å². The number of ether oxygens (including phenoxy) is 1. The number of hydrogen-bond donors (Lipinski definition) is 1. The number of alkyl halides is 3. The molecular weight excluding hydrogens is 299 g/mol. The summed E-state index contributed by atoms with van der Waals surface area (Å²) in [5, 5.41) is 0. The van der Waals surface area contributed by atoms with Gasteiger partial charge in [-0.3, -0.25) is 0 Å². The zero-order valence-electron chi connectivity index (χ0n) is 11.5. The molecular formula is C10H18F3N3O3S. The number of nitrogens with zero attached hydrogens (tertiary/aromatic N) is 2. The number of halogens is 3. The number of aliphatic imine (C=N–C) groups is 1. The summed E-state index contributed by atoms with van der Waals surface area (Å²) in [4.78, 5) is 5.46. The molecule has 0 aromatic heterocycles. The number of morpholine rings is 1. The normalized spacial score (nSPS) is 19.1. The predicted molar refractivity (Wildman–Crippen MR) is 67.7 cm³/mol. The van der Waals surface area contributed by atoms with Crippen molar-refractivity contribution in [3.05, 3.63) is 0 Å². The van der Waals surface area contributed by atoms with Gasteiger partial charge in [-0.1, -0.05) is 0 Å².